The minimum atomic E-state index is -0.312. The van der Waals surface area contributed by atoms with Crippen LogP contribution in [0.3, 0.4) is 0 Å². The van der Waals surface area contributed by atoms with Crippen LogP contribution in [0.1, 0.15) is 26.3 Å². The van der Waals surface area contributed by atoms with Crippen molar-refractivity contribution < 1.29 is 0 Å². The number of aromatic nitrogens is 4. The van der Waals surface area contributed by atoms with E-state index in [1.54, 1.807) is 22.2 Å². The van der Waals surface area contributed by atoms with Gasteiger partial charge in [0.05, 0.1) is 28.5 Å². The molecular weight excluding hydrogens is 380 g/mol. The lowest BCUT2D eigenvalue weighted by Crippen LogP contribution is -2.30. The number of fused-ring (bicyclic) bond motifs is 1. The Labute approximate surface area is 165 Å². The van der Waals surface area contributed by atoms with Crippen LogP contribution in [0.25, 0.3) is 21.5 Å². The van der Waals surface area contributed by atoms with Crippen molar-refractivity contribution in [2.45, 2.75) is 32.9 Å². The number of hydrogen-bond acceptors (Lipinski definition) is 4. The highest BCUT2D eigenvalue weighted by Gasteiger charge is 2.23. The summed E-state index contributed by atoms with van der Waals surface area (Å²) >= 11 is 7.58. The van der Waals surface area contributed by atoms with Gasteiger partial charge in [-0.15, -0.1) is 11.3 Å². The third-order valence-corrected chi connectivity index (χ3v) is 5.45. The van der Waals surface area contributed by atoms with Crippen molar-refractivity contribution in [2.75, 3.05) is 0 Å². The van der Waals surface area contributed by atoms with Gasteiger partial charge in [0.2, 0.25) is 0 Å². The van der Waals surface area contributed by atoms with E-state index in [9.17, 15) is 4.79 Å². The fourth-order valence-electron chi connectivity index (χ4n) is 3.04. The standard InChI is InChI=1S/C20H19ClN4OS/c1-20(2,3)25-18-15(11-22-25)17(16-5-4-10-27-16)23-24(19(18)26)12-13-6-8-14(21)9-7-13/h4-11H,12H2,1-3H3. The summed E-state index contributed by atoms with van der Waals surface area (Å²) in [6.07, 6.45) is 1.75. The molecule has 0 aliphatic carbocycles. The Morgan fingerprint density at radius 2 is 1.89 bits per heavy atom. The summed E-state index contributed by atoms with van der Waals surface area (Å²) in [5, 5.41) is 12.6. The minimum Gasteiger partial charge on any atom is -0.265 e. The minimum absolute atomic E-state index is 0.146. The molecule has 3 aromatic heterocycles. The molecule has 0 aliphatic heterocycles. The van der Waals surface area contributed by atoms with E-state index in [-0.39, 0.29) is 11.1 Å². The Morgan fingerprint density at radius 3 is 2.52 bits per heavy atom. The molecule has 0 radical (unpaired) electrons. The summed E-state index contributed by atoms with van der Waals surface area (Å²) < 4.78 is 3.31. The fraction of sp³-hybridized carbons (Fsp3) is 0.250. The van der Waals surface area contributed by atoms with Crippen LogP contribution in [0.5, 0.6) is 0 Å². The van der Waals surface area contributed by atoms with E-state index in [1.807, 2.05) is 62.5 Å². The zero-order chi connectivity index (χ0) is 19.2. The van der Waals surface area contributed by atoms with Gasteiger partial charge in [-0.2, -0.15) is 10.2 Å². The summed E-state index contributed by atoms with van der Waals surface area (Å²) in [6.45, 7) is 6.48. The zero-order valence-corrected chi connectivity index (χ0v) is 16.9. The zero-order valence-electron chi connectivity index (χ0n) is 15.3. The van der Waals surface area contributed by atoms with E-state index in [4.69, 9.17) is 11.6 Å². The SMILES string of the molecule is CC(C)(C)n1ncc2c(-c3cccs3)nn(Cc3ccc(Cl)cc3)c(=O)c21. The lowest BCUT2D eigenvalue weighted by Gasteiger charge is -2.20. The fourth-order valence-corrected chi connectivity index (χ4v) is 3.89. The molecule has 0 bridgehead atoms. The third kappa shape index (κ3) is 3.31. The van der Waals surface area contributed by atoms with Crippen LogP contribution in [-0.4, -0.2) is 19.6 Å². The molecule has 0 unspecified atom stereocenters. The normalized spacial score (nSPS) is 12.0. The number of benzene rings is 1. The molecule has 0 N–H and O–H groups in total. The van der Waals surface area contributed by atoms with E-state index >= 15 is 0 Å². The van der Waals surface area contributed by atoms with Gasteiger partial charge in [0, 0.05) is 5.02 Å². The van der Waals surface area contributed by atoms with Gasteiger partial charge in [0.15, 0.2) is 0 Å². The molecule has 5 nitrogen and oxygen atoms in total. The van der Waals surface area contributed by atoms with E-state index in [0.29, 0.717) is 17.1 Å². The van der Waals surface area contributed by atoms with Crippen molar-refractivity contribution in [1.29, 1.82) is 0 Å². The van der Waals surface area contributed by atoms with Crippen LogP contribution < -0.4 is 5.56 Å². The number of halogens is 1. The van der Waals surface area contributed by atoms with E-state index in [2.05, 4.69) is 10.2 Å². The van der Waals surface area contributed by atoms with E-state index < -0.39 is 0 Å². The molecule has 3 heterocycles. The van der Waals surface area contributed by atoms with Crippen LogP contribution in [-0.2, 0) is 12.1 Å². The first-order valence-corrected chi connectivity index (χ1v) is 9.88. The van der Waals surface area contributed by atoms with Gasteiger partial charge in [-0.3, -0.25) is 9.48 Å². The highest BCUT2D eigenvalue weighted by Crippen LogP contribution is 2.30. The van der Waals surface area contributed by atoms with Gasteiger partial charge in [0.1, 0.15) is 11.2 Å². The predicted molar refractivity (Wildman–Crippen MR) is 111 cm³/mol. The molecule has 0 aliphatic rings. The van der Waals surface area contributed by atoms with E-state index in [0.717, 1.165) is 21.5 Å². The quantitative estimate of drug-likeness (QED) is 0.499. The van der Waals surface area contributed by atoms with Crippen molar-refractivity contribution in [1.82, 2.24) is 19.6 Å². The van der Waals surface area contributed by atoms with Crippen molar-refractivity contribution in [3.8, 4) is 10.6 Å². The topological polar surface area (TPSA) is 52.7 Å². The largest absolute Gasteiger partial charge is 0.293 e. The summed E-state index contributed by atoms with van der Waals surface area (Å²) in [5.41, 5.74) is 1.87. The molecule has 1 aromatic carbocycles. The van der Waals surface area contributed by atoms with Crippen molar-refractivity contribution in [3.63, 3.8) is 0 Å². The van der Waals surface area contributed by atoms with Crippen LogP contribution >= 0.6 is 22.9 Å². The van der Waals surface area contributed by atoms with Gasteiger partial charge >= 0.3 is 0 Å². The van der Waals surface area contributed by atoms with Gasteiger partial charge in [-0.1, -0.05) is 29.8 Å². The number of rotatable bonds is 3. The van der Waals surface area contributed by atoms with Gasteiger partial charge < -0.3 is 0 Å². The maximum atomic E-state index is 13.3. The molecule has 4 aromatic rings. The second-order valence-corrected chi connectivity index (χ2v) is 8.79. The first-order chi connectivity index (χ1) is 12.8. The number of nitrogens with zero attached hydrogens (tertiary/aromatic N) is 4. The molecule has 138 valence electrons. The summed E-state index contributed by atoms with van der Waals surface area (Å²) in [6, 6.07) is 11.5. The summed E-state index contributed by atoms with van der Waals surface area (Å²) in [5.74, 6) is 0. The molecule has 27 heavy (non-hydrogen) atoms. The number of hydrogen-bond donors (Lipinski definition) is 0. The van der Waals surface area contributed by atoms with Crippen molar-refractivity contribution in [2.24, 2.45) is 0 Å². The van der Waals surface area contributed by atoms with Crippen LogP contribution in [0.15, 0.2) is 52.8 Å². The molecule has 0 spiro atoms. The maximum Gasteiger partial charge on any atom is 0.293 e. The van der Waals surface area contributed by atoms with Crippen LogP contribution in [0.2, 0.25) is 5.02 Å². The highest BCUT2D eigenvalue weighted by atomic mass is 35.5. The monoisotopic (exact) mass is 398 g/mol. The Kier molecular flexibility index (Phi) is 4.40. The molecule has 0 saturated carbocycles. The molecule has 7 heteroatoms. The summed E-state index contributed by atoms with van der Waals surface area (Å²) in [7, 11) is 0. The number of thiophene rings is 1. The first kappa shape index (κ1) is 17.9. The third-order valence-electron chi connectivity index (χ3n) is 4.32. The average molecular weight is 399 g/mol. The lowest BCUT2D eigenvalue weighted by molar-refractivity contribution is 0.366. The second kappa shape index (κ2) is 6.62. The van der Waals surface area contributed by atoms with Crippen LogP contribution in [0, 0.1) is 0 Å². The second-order valence-electron chi connectivity index (χ2n) is 7.40. The van der Waals surface area contributed by atoms with E-state index in [1.165, 1.54) is 4.68 Å². The smallest absolute Gasteiger partial charge is 0.265 e. The van der Waals surface area contributed by atoms with Gasteiger partial charge in [-0.25, -0.2) is 4.68 Å². The lowest BCUT2D eigenvalue weighted by atomic mass is 10.1. The molecule has 0 saturated heterocycles. The molecule has 0 fully saturated rings. The Bertz CT molecular complexity index is 1150. The Balaban J connectivity index is 1.97. The molecule has 4 rings (SSSR count). The highest BCUT2D eigenvalue weighted by molar-refractivity contribution is 7.13. The Morgan fingerprint density at radius 1 is 1.15 bits per heavy atom. The Hall–Kier alpha value is -2.44. The van der Waals surface area contributed by atoms with Crippen LogP contribution in [0.4, 0.5) is 0 Å². The molecular formula is C20H19ClN4OS. The molecule has 0 amide bonds. The molecule has 0 atom stereocenters. The average Bonchev–Trinajstić information content (AvgIpc) is 3.28. The van der Waals surface area contributed by atoms with Crippen molar-refractivity contribution >= 4 is 33.8 Å². The first-order valence-electron chi connectivity index (χ1n) is 8.62. The predicted octanol–water partition coefficient (Wildman–Crippen LogP) is 4.78. The van der Waals surface area contributed by atoms with Gasteiger partial charge in [-0.05, 0) is 49.9 Å². The van der Waals surface area contributed by atoms with Crippen molar-refractivity contribution in [3.05, 3.63) is 68.9 Å². The maximum absolute atomic E-state index is 13.3. The summed E-state index contributed by atoms with van der Waals surface area (Å²) in [4.78, 5) is 14.3. The van der Waals surface area contributed by atoms with Gasteiger partial charge in [0.25, 0.3) is 5.56 Å².